The predicted octanol–water partition coefficient (Wildman–Crippen LogP) is 4.56. The number of benzene rings is 1. The van der Waals surface area contributed by atoms with Crippen LogP contribution >= 0.6 is 34.7 Å². The number of thiophene rings is 1. The topological polar surface area (TPSA) is 34.9 Å². The van der Waals surface area contributed by atoms with Gasteiger partial charge in [-0.25, -0.2) is 9.37 Å². The molecular weight excluding hydrogens is 343 g/mol. The van der Waals surface area contributed by atoms with Crippen LogP contribution in [0.25, 0.3) is 10.2 Å². The van der Waals surface area contributed by atoms with Crippen molar-refractivity contribution in [3.63, 3.8) is 0 Å². The van der Waals surface area contributed by atoms with Crippen molar-refractivity contribution in [2.24, 2.45) is 0 Å². The monoisotopic (exact) mass is 354 g/mol. The molecular formula is C15H12ClFN2OS2. The maximum Gasteiger partial charge on any atom is 0.272 e. The molecule has 0 fully saturated rings. The molecule has 0 N–H and O–H groups in total. The maximum atomic E-state index is 13.1. The van der Waals surface area contributed by atoms with Crippen LogP contribution in [0, 0.1) is 5.82 Å². The standard InChI is InChI=1S/C15H12ClFN2OS2/c1-2-19-14(20)13-12(5-6-21-13)18-15(19)22-8-9-3-4-10(17)7-11(9)16/h3-7H,2,8H2,1H3. The fourth-order valence-corrected chi connectivity index (χ4v) is 4.25. The Balaban J connectivity index is 1.94. The molecule has 0 saturated carbocycles. The van der Waals surface area contributed by atoms with E-state index in [0.717, 1.165) is 5.56 Å². The van der Waals surface area contributed by atoms with Crippen LogP contribution in [0.5, 0.6) is 0 Å². The number of hydrogen-bond acceptors (Lipinski definition) is 4. The van der Waals surface area contributed by atoms with Crippen LogP contribution in [-0.2, 0) is 12.3 Å². The predicted molar refractivity (Wildman–Crippen MR) is 90.5 cm³/mol. The number of nitrogens with zero attached hydrogens (tertiary/aromatic N) is 2. The first-order chi connectivity index (χ1) is 10.6. The summed E-state index contributed by atoms with van der Waals surface area (Å²) in [7, 11) is 0. The second kappa shape index (κ2) is 6.40. The first-order valence-corrected chi connectivity index (χ1v) is 8.89. The Kier molecular flexibility index (Phi) is 4.52. The van der Waals surface area contributed by atoms with E-state index in [0.29, 0.717) is 32.7 Å². The molecule has 0 aliphatic carbocycles. The summed E-state index contributed by atoms with van der Waals surface area (Å²) >= 11 is 8.87. The van der Waals surface area contributed by atoms with E-state index < -0.39 is 0 Å². The van der Waals surface area contributed by atoms with Gasteiger partial charge in [0.05, 0.1) is 5.52 Å². The first-order valence-electron chi connectivity index (χ1n) is 6.65. The lowest BCUT2D eigenvalue weighted by Crippen LogP contribution is -2.21. The van der Waals surface area contributed by atoms with Crippen LogP contribution in [-0.4, -0.2) is 9.55 Å². The van der Waals surface area contributed by atoms with Crippen LogP contribution < -0.4 is 5.56 Å². The molecule has 114 valence electrons. The van der Waals surface area contributed by atoms with Crippen molar-refractivity contribution in [2.75, 3.05) is 0 Å². The second-order valence-electron chi connectivity index (χ2n) is 4.60. The Morgan fingerprint density at radius 3 is 2.95 bits per heavy atom. The molecule has 3 rings (SSSR count). The van der Waals surface area contributed by atoms with Gasteiger partial charge in [-0.15, -0.1) is 11.3 Å². The number of hydrogen-bond donors (Lipinski definition) is 0. The van der Waals surface area contributed by atoms with Crippen molar-refractivity contribution in [2.45, 2.75) is 24.4 Å². The van der Waals surface area contributed by atoms with Gasteiger partial charge < -0.3 is 0 Å². The van der Waals surface area contributed by atoms with E-state index in [1.54, 1.807) is 10.6 Å². The fraction of sp³-hybridized carbons (Fsp3) is 0.200. The van der Waals surface area contributed by atoms with Crippen molar-refractivity contribution >= 4 is 44.9 Å². The molecule has 0 radical (unpaired) electrons. The van der Waals surface area contributed by atoms with Crippen LogP contribution in [0.1, 0.15) is 12.5 Å². The van der Waals surface area contributed by atoms with Crippen LogP contribution in [0.2, 0.25) is 5.02 Å². The number of fused-ring (bicyclic) bond motifs is 1. The number of thioether (sulfide) groups is 1. The molecule has 0 saturated heterocycles. The summed E-state index contributed by atoms with van der Waals surface area (Å²) < 4.78 is 15.4. The molecule has 1 aromatic carbocycles. The third-order valence-corrected chi connectivity index (χ3v) is 5.49. The highest BCUT2D eigenvalue weighted by molar-refractivity contribution is 7.98. The molecule has 0 bridgehead atoms. The Bertz CT molecular complexity index is 891. The summed E-state index contributed by atoms with van der Waals surface area (Å²) in [5.74, 6) is 0.170. The Morgan fingerprint density at radius 1 is 1.41 bits per heavy atom. The molecule has 3 aromatic rings. The van der Waals surface area contributed by atoms with E-state index in [1.807, 2.05) is 18.4 Å². The molecule has 22 heavy (non-hydrogen) atoms. The summed E-state index contributed by atoms with van der Waals surface area (Å²) in [5, 5.41) is 2.90. The van der Waals surface area contributed by atoms with E-state index in [9.17, 15) is 9.18 Å². The zero-order chi connectivity index (χ0) is 15.7. The zero-order valence-corrected chi connectivity index (χ0v) is 14.1. The molecule has 0 aliphatic rings. The molecule has 0 atom stereocenters. The lowest BCUT2D eigenvalue weighted by molar-refractivity contribution is 0.627. The van der Waals surface area contributed by atoms with Gasteiger partial charge in [-0.1, -0.05) is 29.4 Å². The van der Waals surface area contributed by atoms with Crippen molar-refractivity contribution in [1.82, 2.24) is 9.55 Å². The van der Waals surface area contributed by atoms with Gasteiger partial charge in [-0.05, 0) is 36.1 Å². The summed E-state index contributed by atoms with van der Waals surface area (Å²) in [6.07, 6.45) is 0. The molecule has 7 heteroatoms. The van der Waals surface area contributed by atoms with Crippen LogP contribution in [0.3, 0.4) is 0 Å². The van der Waals surface area contributed by atoms with Crippen molar-refractivity contribution in [1.29, 1.82) is 0 Å². The normalized spacial score (nSPS) is 11.2. The molecule has 2 heterocycles. The first kappa shape index (κ1) is 15.5. The van der Waals surface area contributed by atoms with E-state index in [1.165, 1.54) is 35.2 Å². The van der Waals surface area contributed by atoms with Gasteiger partial charge in [0.1, 0.15) is 10.5 Å². The second-order valence-corrected chi connectivity index (χ2v) is 6.87. The van der Waals surface area contributed by atoms with Crippen molar-refractivity contribution in [3.8, 4) is 0 Å². The largest absolute Gasteiger partial charge is 0.287 e. The number of rotatable bonds is 4. The van der Waals surface area contributed by atoms with Gasteiger partial charge in [-0.3, -0.25) is 9.36 Å². The number of aromatic nitrogens is 2. The van der Waals surface area contributed by atoms with Crippen LogP contribution in [0.15, 0.2) is 39.6 Å². The quantitative estimate of drug-likeness (QED) is 0.508. The van der Waals surface area contributed by atoms with E-state index in [4.69, 9.17) is 11.6 Å². The van der Waals surface area contributed by atoms with Crippen molar-refractivity contribution in [3.05, 3.63) is 56.4 Å². The maximum absolute atomic E-state index is 13.1. The van der Waals surface area contributed by atoms with Gasteiger partial charge in [0.15, 0.2) is 5.16 Å². The average Bonchev–Trinajstić information content (AvgIpc) is 2.95. The minimum Gasteiger partial charge on any atom is -0.287 e. The van der Waals surface area contributed by atoms with Gasteiger partial charge in [0, 0.05) is 17.3 Å². The van der Waals surface area contributed by atoms with Gasteiger partial charge in [0.25, 0.3) is 5.56 Å². The van der Waals surface area contributed by atoms with Gasteiger partial charge >= 0.3 is 0 Å². The Hall–Kier alpha value is -1.37. The number of halogens is 2. The average molecular weight is 355 g/mol. The highest BCUT2D eigenvalue weighted by Crippen LogP contribution is 2.27. The van der Waals surface area contributed by atoms with E-state index in [2.05, 4.69) is 4.98 Å². The molecule has 0 amide bonds. The third kappa shape index (κ3) is 2.91. The highest BCUT2D eigenvalue weighted by Gasteiger charge is 2.12. The van der Waals surface area contributed by atoms with Crippen LogP contribution in [0.4, 0.5) is 4.39 Å². The minimum atomic E-state index is -0.359. The third-order valence-electron chi connectivity index (χ3n) is 3.22. The highest BCUT2D eigenvalue weighted by atomic mass is 35.5. The summed E-state index contributed by atoms with van der Waals surface area (Å²) in [6, 6.07) is 6.17. The van der Waals surface area contributed by atoms with Crippen molar-refractivity contribution < 1.29 is 4.39 Å². The summed E-state index contributed by atoms with van der Waals surface area (Å²) in [6.45, 7) is 2.47. The SMILES string of the molecule is CCn1c(SCc2ccc(F)cc2Cl)nc2ccsc2c1=O. The molecule has 0 unspecified atom stereocenters. The summed E-state index contributed by atoms with van der Waals surface area (Å²) in [4.78, 5) is 17.0. The molecule has 2 aromatic heterocycles. The fourth-order valence-electron chi connectivity index (χ4n) is 2.09. The zero-order valence-electron chi connectivity index (χ0n) is 11.7. The molecule has 0 spiro atoms. The van der Waals surface area contributed by atoms with Gasteiger partial charge in [0.2, 0.25) is 0 Å². The lowest BCUT2D eigenvalue weighted by Gasteiger charge is -2.10. The summed E-state index contributed by atoms with van der Waals surface area (Å²) in [5.41, 5.74) is 1.51. The van der Waals surface area contributed by atoms with E-state index >= 15 is 0 Å². The van der Waals surface area contributed by atoms with E-state index in [-0.39, 0.29) is 11.4 Å². The minimum absolute atomic E-state index is 0.0183. The smallest absolute Gasteiger partial charge is 0.272 e. The lowest BCUT2D eigenvalue weighted by atomic mass is 10.2. The van der Waals surface area contributed by atoms with Gasteiger partial charge in [-0.2, -0.15) is 0 Å². The molecule has 0 aliphatic heterocycles. The Labute approximate surface area is 139 Å². The Morgan fingerprint density at radius 2 is 2.23 bits per heavy atom. The molecule has 3 nitrogen and oxygen atoms in total.